The lowest BCUT2D eigenvalue weighted by Gasteiger charge is -2.13. The number of ether oxygens (including phenoxy) is 1. The monoisotopic (exact) mass is 279 g/mol. The lowest BCUT2D eigenvalue weighted by molar-refractivity contribution is 0.398. The molecule has 0 radical (unpaired) electrons. The van der Waals surface area contributed by atoms with Crippen LogP contribution in [0.25, 0.3) is 11.1 Å². The molecule has 0 saturated heterocycles. The molecule has 0 spiro atoms. The fourth-order valence-electron chi connectivity index (χ4n) is 2.07. The first-order chi connectivity index (χ1) is 9.45. The summed E-state index contributed by atoms with van der Waals surface area (Å²) in [7, 11) is 1.43. The van der Waals surface area contributed by atoms with Crippen molar-refractivity contribution in [2.45, 2.75) is 19.8 Å². The number of phenolic OH excluding ortho intramolecular Hbond substituents is 1. The predicted molar refractivity (Wildman–Crippen MR) is 71.9 cm³/mol. The molecule has 106 valence electrons. The Labute approximate surface area is 115 Å². The summed E-state index contributed by atoms with van der Waals surface area (Å²) < 4.78 is 33.2. The molecule has 1 N–H and O–H groups in total. The maximum Gasteiger partial charge on any atom is 0.213 e. The molecule has 0 aliphatic heterocycles. The van der Waals surface area contributed by atoms with Crippen molar-refractivity contribution in [3.63, 3.8) is 0 Å². The van der Waals surface area contributed by atoms with E-state index in [4.69, 9.17) is 4.74 Å². The third-order valence-electron chi connectivity index (χ3n) is 3.05. The van der Waals surface area contributed by atoms with Crippen LogP contribution in [0, 0.1) is 11.6 Å². The van der Waals surface area contributed by atoms with Gasteiger partial charge in [0.25, 0.3) is 0 Å². The fraction of sp³-hybridized carbons (Fsp3) is 0.267. The van der Waals surface area contributed by atoms with Gasteiger partial charge in [0.05, 0.1) is 7.11 Å². The molecule has 0 fully saturated rings. The van der Waals surface area contributed by atoms with Crippen molar-refractivity contribution in [1.82, 2.24) is 4.98 Å². The highest BCUT2D eigenvalue weighted by Crippen LogP contribution is 2.36. The number of halogens is 2. The van der Waals surface area contributed by atoms with Crippen LogP contribution in [0.2, 0.25) is 0 Å². The first-order valence-corrected chi connectivity index (χ1v) is 6.17. The Hall–Kier alpha value is -2.17. The third kappa shape index (κ3) is 2.43. The largest absolute Gasteiger partial charge is 0.508 e. The van der Waals surface area contributed by atoms with Crippen LogP contribution in [-0.2, 0) is 0 Å². The van der Waals surface area contributed by atoms with E-state index >= 15 is 0 Å². The summed E-state index contributed by atoms with van der Waals surface area (Å²) in [6.07, 6.45) is 1.43. The van der Waals surface area contributed by atoms with Crippen LogP contribution in [0.5, 0.6) is 11.6 Å². The molecule has 3 nitrogen and oxygen atoms in total. The molecule has 0 atom stereocenters. The number of rotatable bonds is 3. The zero-order valence-corrected chi connectivity index (χ0v) is 11.4. The van der Waals surface area contributed by atoms with E-state index in [-0.39, 0.29) is 28.7 Å². The van der Waals surface area contributed by atoms with Gasteiger partial charge in [-0.2, -0.15) is 0 Å². The van der Waals surface area contributed by atoms with Crippen LogP contribution in [0.4, 0.5) is 8.78 Å². The minimum absolute atomic E-state index is 0.0210. The van der Waals surface area contributed by atoms with Crippen molar-refractivity contribution in [2.75, 3.05) is 7.11 Å². The molecular weight excluding hydrogens is 264 g/mol. The second-order valence-corrected chi connectivity index (χ2v) is 4.73. The number of hydrogen-bond donors (Lipinski definition) is 1. The minimum Gasteiger partial charge on any atom is -0.508 e. The average Bonchev–Trinajstić information content (AvgIpc) is 2.42. The van der Waals surface area contributed by atoms with Crippen LogP contribution in [0.1, 0.15) is 25.3 Å². The smallest absolute Gasteiger partial charge is 0.213 e. The molecule has 0 amide bonds. The quantitative estimate of drug-likeness (QED) is 0.927. The molecule has 0 saturated carbocycles. The van der Waals surface area contributed by atoms with Gasteiger partial charge in [-0.15, -0.1) is 0 Å². The molecule has 0 unspecified atom stereocenters. The van der Waals surface area contributed by atoms with Crippen molar-refractivity contribution >= 4 is 0 Å². The van der Waals surface area contributed by atoms with E-state index in [0.29, 0.717) is 5.56 Å². The Balaban J connectivity index is 2.64. The summed E-state index contributed by atoms with van der Waals surface area (Å²) in [4.78, 5) is 3.90. The molecule has 1 aromatic carbocycles. The van der Waals surface area contributed by atoms with Crippen LogP contribution >= 0.6 is 0 Å². The average molecular weight is 279 g/mol. The lowest BCUT2D eigenvalue weighted by atomic mass is 9.96. The second-order valence-electron chi connectivity index (χ2n) is 4.73. The predicted octanol–water partition coefficient (Wildman–Crippen LogP) is 3.86. The van der Waals surface area contributed by atoms with Crippen LogP contribution < -0.4 is 4.74 Å². The highest BCUT2D eigenvalue weighted by Gasteiger charge is 2.21. The standard InChI is InChI=1S/C15H15F2NO2/c1-8(2)13-11(19)7-10(14(16)15(13)17)9-4-5-18-12(6-9)20-3/h4-8,19H,1-3H3. The summed E-state index contributed by atoms with van der Waals surface area (Å²) >= 11 is 0. The number of nitrogens with zero attached hydrogens (tertiary/aromatic N) is 1. The van der Waals surface area contributed by atoms with E-state index in [1.54, 1.807) is 13.8 Å². The Bertz CT molecular complexity index is 642. The zero-order valence-electron chi connectivity index (χ0n) is 11.4. The zero-order chi connectivity index (χ0) is 14.9. The third-order valence-corrected chi connectivity index (χ3v) is 3.05. The number of aromatic nitrogens is 1. The van der Waals surface area contributed by atoms with Gasteiger partial charge in [0.2, 0.25) is 5.88 Å². The molecule has 1 aromatic heterocycles. The number of phenols is 1. The SMILES string of the molecule is COc1cc(-c2cc(O)c(C(C)C)c(F)c2F)ccn1. The van der Waals surface area contributed by atoms with Gasteiger partial charge < -0.3 is 9.84 Å². The van der Waals surface area contributed by atoms with E-state index < -0.39 is 11.6 Å². The number of pyridine rings is 1. The van der Waals surface area contributed by atoms with E-state index in [9.17, 15) is 13.9 Å². The van der Waals surface area contributed by atoms with Gasteiger partial charge in [-0.25, -0.2) is 13.8 Å². The van der Waals surface area contributed by atoms with Gasteiger partial charge in [0.15, 0.2) is 11.6 Å². The molecule has 2 rings (SSSR count). The van der Waals surface area contributed by atoms with Crippen molar-refractivity contribution in [2.24, 2.45) is 0 Å². The summed E-state index contributed by atoms with van der Waals surface area (Å²) in [5, 5.41) is 9.90. The number of aromatic hydroxyl groups is 1. The van der Waals surface area contributed by atoms with Crippen LogP contribution in [0.3, 0.4) is 0 Å². The van der Waals surface area contributed by atoms with Gasteiger partial charge in [0, 0.05) is 23.4 Å². The highest BCUT2D eigenvalue weighted by molar-refractivity contribution is 5.68. The summed E-state index contributed by atoms with van der Waals surface area (Å²) in [6, 6.07) is 4.23. The van der Waals surface area contributed by atoms with E-state index in [2.05, 4.69) is 4.98 Å². The van der Waals surface area contributed by atoms with E-state index in [1.807, 2.05) is 0 Å². The second kappa shape index (κ2) is 5.45. The molecule has 0 aliphatic rings. The van der Waals surface area contributed by atoms with Crippen molar-refractivity contribution in [3.05, 3.63) is 41.6 Å². The molecular formula is C15H15F2NO2. The number of methoxy groups -OCH3 is 1. The van der Waals surface area contributed by atoms with E-state index in [1.165, 1.54) is 31.5 Å². The van der Waals surface area contributed by atoms with Crippen molar-refractivity contribution in [3.8, 4) is 22.8 Å². The lowest BCUT2D eigenvalue weighted by Crippen LogP contribution is -2.00. The normalized spacial score (nSPS) is 10.9. The molecule has 0 bridgehead atoms. The fourth-order valence-corrected chi connectivity index (χ4v) is 2.07. The van der Waals surface area contributed by atoms with E-state index in [0.717, 1.165) is 0 Å². The Morgan fingerprint density at radius 2 is 1.90 bits per heavy atom. The number of benzene rings is 1. The molecule has 20 heavy (non-hydrogen) atoms. The van der Waals surface area contributed by atoms with Crippen molar-refractivity contribution in [1.29, 1.82) is 0 Å². The maximum atomic E-state index is 14.2. The summed E-state index contributed by atoms with van der Waals surface area (Å²) in [5.41, 5.74) is 0.344. The number of hydrogen-bond acceptors (Lipinski definition) is 3. The Morgan fingerprint density at radius 3 is 2.50 bits per heavy atom. The first-order valence-electron chi connectivity index (χ1n) is 6.17. The molecule has 5 heteroatoms. The van der Waals surface area contributed by atoms with Crippen LogP contribution in [0.15, 0.2) is 24.4 Å². The molecule has 2 aromatic rings. The van der Waals surface area contributed by atoms with Gasteiger partial charge in [-0.3, -0.25) is 0 Å². The Kier molecular flexibility index (Phi) is 3.88. The molecule has 0 aliphatic carbocycles. The topological polar surface area (TPSA) is 42.4 Å². The summed E-state index contributed by atoms with van der Waals surface area (Å²) in [5.74, 6) is -2.30. The first kappa shape index (κ1) is 14.2. The van der Waals surface area contributed by atoms with Gasteiger partial charge in [-0.05, 0) is 23.6 Å². The molecule has 1 heterocycles. The Morgan fingerprint density at radius 1 is 1.20 bits per heavy atom. The van der Waals surface area contributed by atoms with Gasteiger partial charge >= 0.3 is 0 Å². The van der Waals surface area contributed by atoms with Gasteiger partial charge in [0.1, 0.15) is 5.75 Å². The van der Waals surface area contributed by atoms with Crippen molar-refractivity contribution < 1.29 is 18.6 Å². The minimum atomic E-state index is -1.02. The van der Waals surface area contributed by atoms with Gasteiger partial charge in [-0.1, -0.05) is 13.8 Å². The summed E-state index contributed by atoms with van der Waals surface area (Å²) in [6.45, 7) is 3.37. The highest BCUT2D eigenvalue weighted by atomic mass is 19.2. The maximum absolute atomic E-state index is 14.2. The van der Waals surface area contributed by atoms with Crippen LogP contribution in [-0.4, -0.2) is 17.2 Å².